The van der Waals surface area contributed by atoms with Crippen molar-refractivity contribution in [1.82, 2.24) is 25.0 Å². The monoisotopic (exact) mass is 583 g/mol. The molecule has 1 aliphatic rings. The number of aromatic nitrogens is 3. The highest BCUT2D eigenvalue weighted by Gasteiger charge is 2.23. The van der Waals surface area contributed by atoms with Gasteiger partial charge in [-0.05, 0) is 35.4 Å². The molecule has 0 spiro atoms. The van der Waals surface area contributed by atoms with Gasteiger partial charge < -0.3 is 14.7 Å². The first-order valence-electron chi connectivity index (χ1n) is 12.2. The van der Waals surface area contributed by atoms with E-state index < -0.39 is 0 Å². The van der Waals surface area contributed by atoms with Crippen LogP contribution in [0.5, 0.6) is 11.8 Å². The van der Waals surface area contributed by atoms with E-state index in [9.17, 15) is 9.90 Å². The highest BCUT2D eigenvalue weighted by Crippen LogP contribution is 2.35. The lowest BCUT2D eigenvalue weighted by Gasteiger charge is -2.35. The van der Waals surface area contributed by atoms with Gasteiger partial charge in [-0.2, -0.15) is 0 Å². The Bertz CT molecular complexity index is 1440. The highest BCUT2D eigenvalue weighted by atomic mass is 35.5. The number of nitrogens with zero attached hydrogens (tertiary/aromatic N) is 5. The molecule has 0 unspecified atom stereocenters. The molecular weight excluding hydrogens is 561 g/mol. The van der Waals surface area contributed by atoms with Gasteiger partial charge in [0.05, 0.1) is 26.8 Å². The Kier molecular flexibility index (Phi) is 8.47. The quantitative estimate of drug-likeness (QED) is 0.296. The molecule has 1 fully saturated rings. The number of rotatable bonds is 7. The van der Waals surface area contributed by atoms with Crippen LogP contribution in [-0.2, 0) is 13.2 Å². The minimum absolute atomic E-state index is 0.0208. The summed E-state index contributed by atoms with van der Waals surface area (Å²) < 4.78 is 5.68. The Morgan fingerprint density at radius 2 is 1.54 bits per heavy atom. The second kappa shape index (κ2) is 12.2. The minimum atomic E-state index is -0.183. The van der Waals surface area contributed by atoms with Crippen molar-refractivity contribution in [3.63, 3.8) is 0 Å². The Morgan fingerprint density at radius 1 is 0.872 bits per heavy atom. The molecule has 5 rings (SSSR count). The lowest BCUT2D eigenvalue weighted by Crippen LogP contribution is -2.48. The van der Waals surface area contributed by atoms with Gasteiger partial charge in [0.15, 0.2) is 5.75 Å². The summed E-state index contributed by atoms with van der Waals surface area (Å²) >= 11 is 18.2. The molecule has 0 aliphatic carbocycles. The number of carbonyl (C=O) groups is 1. The van der Waals surface area contributed by atoms with Crippen LogP contribution in [0.3, 0.4) is 0 Å². The second-order valence-electron chi connectivity index (χ2n) is 9.07. The summed E-state index contributed by atoms with van der Waals surface area (Å²) in [4.78, 5) is 21.2. The third kappa shape index (κ3) is 6.59. The molecule has 1 aromatic heterocycles. The topological polar surface area (TPSA) is 91.7 Å². The van der Waals surface area contributed by atoms with Crippen molar-refractivity contribution in [3.05, 3.63) is 98.6 Å². The summed E-state index contributed by atoms with van der Waals surface area (Å²) in [6, 6.07) is 18.5. The van der Waals surface area contributed by atoms with E-state index in [4.69, 9.17) is 39.5 Å². The number of amides is 1. The third-order valence-electron chi connectivity index (χ3n) is 6.41. The van der Waals surface area contributed by atoms with E-state index >= 15 is 0 Å². The molecule has 1 saturated heterocycles. The third-order valence-corrected chi connectivity index (χ3v) is 7.32. The molecule has 11 heteroatoms. The van der Waals surface area contributed by atoms with Crippen molar-refractivity contribution < 1.29 is 14.6 Å². The molecule has 8 nitrogen and oxygen atoms in total. The summed E-state index contributed by atoms with van der Waals surface area (Å²) in [5, 5.41) is 18.6. The fourth-order valence-electron chi connectivity index (χ4n) is 4.24. The van der Waals surface area contributed by atoms with Gasteiger partial charge in [0, 0.05) is 38.3 Å². The Labute approximate surface area is 240 Å². The van der Waals surface area contributed by atoms with Gasteiger partial charge in [-0.1, -0.05) is 76.3 Å². The molecular formula is C28H24Cl3N5O3. The number of phenolic OH excluding ortho intramolecular Hbond substituents is 1. The summed E-state index contributed by atoms with van der Waals surface area (Å²) in [5.41, 5.74) is 3.73. The average Bonchev–Trinajstić information content (AvgIpc) is 2.96. The van der Waals surface area contributed by atoms with Gasteiger partial charge in [0.25, 0.3) is 5.91 Å². The molecule has 0 radical (unpaired) electrons. The number of ether oxygens (including phenoxy) is 1. The molecule has 0 saturated carbocycles. The van der Waals surface area contributed by atoms with Crippen molar-refractivity contribution in [2.75, 3.05) is 26.2 Å². The second-order valence-corrected chi connectivity index (χ2v) is 10.3. The van der Waals surface area contributed by atoms with E-state index in [-0.39, 0.29) is 27.7 Å². The van der Waals surface area contributed by atoms with E-state index in [2.05, 4.69) is 32.2 Å². The van der Waals surface area contributed by atoms with Gasteiger partial charge in [-0.3, -0.25) is 9.69 Å². The maximum atomic E-state index is 12.8. The van der Waals surface area contributed by atoms with Crippen molar-refractivity contribution >= 4 is 40.7 Å². The van der Waals surface area contributed by atoms with E-state index in [1.165, 1.54) is 23.9 Å². The minimum Gasteiger partial charge on any atom is -0.505 e. The predicted octanol–water partition coefficient (Wildman–Crippen LogP) is 5.74. The van der Waals surface area contributed by atoms with Gasteiger partial charge >= 0.3 is 6.01 Å². The fraction of sp³-hybridized carbons (Fsp3) is 0.214. The first-order chi connectivity index (χ1) is 18.9. The molecule has 0 atom stereocenters. The van der Waals surface area contributed by atoms with E-state index in [0.717, 1.165) is 25.2 Å². The van der Waals surface area contributed by atoms with Crippen LogP contribution in [0, 0.1) is 0 Å². The molecule has 1 aliphatic heterocycles. The Hall–Kier alpha value is -3.43. The zero-order valence-electron chi connectivity index (χ0n) is 20.7. The van der Waals surface area contributed by atoms with Crippen LogP contribution in [0.4, 0.5) is 0 Å². The van der Waals surface area contributed by atoms with E-state index in [0.29, 0.717) is 41.5 Å². The maximum absolute atomic E-state index is 12.8. The van der Waals surface area contributed by atoms with Crippen LogP contribution >= 0.6 is 34.8 Å². The standard InChI is InChI=1S/C28H24Cl3N5O3/c29-22-4-2-1-3-21(22)27(38)36-11-9-35(10-12-36)16-18-5-7-19(8-6-18)17-39-28-32-15-25(33-34-28)20-13-23(30)26(37)24(31)14-20/h1-8,13-15,37H,9-12,16-17H2. The number of benzene rings is 3. The van der Waals surface area contributed by atoms with Crippen LogP contribution in [0.25, 0.3) is 11.3 Å². The number of halogens is 3. The summed E-state index contributed by atoms with van der Waals surface area (Å²) in [6.07, 6.45) is 1.51. The number of aromatic hydroxyl groups is 1. The van der Waals surface area contributed by atoms with E-state index in [1.807, 2.05) is 29.2 Å². The number of piperazine rings is 1. The smallest absolute Gasteiger partial charge is 0.336 e. The molecule has 1 N–H and O–H groups in total. The predicted molar refractivity (Wildman–Crippen MR) is 150 cm³/mol. The first-order valence-corrected chi connectivity index (χ1v) is 13.4. The van der Waals surface area contributed by atoms with Crippen molar-refractivity contribution in [1.29, 1.82) is 0 Å². The molecule has 39 heavy (non-hydrogen) atoms. The van der Waals surface area contributed by atoms with Crippen molar-refractivity contribution in [2.45, 2.75) is 13.2 Å². The molecule has 1 amide bonds. The SMILES string of the molecule is O=C(c1ccccc1Cl)N1CCN(Cc2ccc(COc3ncc(-c4cc(Cl)c(O)c(Cl)c4)nn3)cc2)CC1. The Balaban J connectivity index is 1.10. The normalized spacial score (nSPS) is 13.9. The first kappa shape index (κ1) is 27.1. The summed E-state index contributed by atoms with van der Waals surface area (Å²) in [5.74, 6) is -0.204. The van der Waals surface area contributed by atoms with Crippen molar-refractivity contribution in [3.8, 4) is 23.0 Å². The highest BCUT2D eigenvalue weighted by molar-refractivity contribution is 6.37. The average molecular weight is 585 g/mol. The van der Waals surface area contributed by atoms with Crippen LogP contribution in [0.2, 0.25) is 15.1 Å². The van der Waals surface area contributed by atoms with Crippen LogP contribution in [-0.4, -0.2) is 62.2 Å². The van der Waals surface area contributed by atoms with Crippen LogP contribution in [0.15, 0.2) is 66.9 Å². The van der Waals surface area contributed by atoms with Gasteiger partial charge in [0.1, 0.15) is 12.3 Å². The lowest BCUT2D eigenvalue weighted by atomic mass is 10.1. The zero-order valence-corrected chi connectivity index (χ0v) is 23.0. The number of hydrogen-bond donors (Lipinski definition) is 1. The summed E-state index contributed by atoms with van der Waals surface area (Å²) in [6.45, 7) is 4.01. The molecule has 3 aromatic carbocycles. The van der Waals surface area contributed by atoms with Gasteiger partial charge in [0.2, 0.25) is 0 Å². The van der Waals surface area contributed by atoms with Crippen LogP contribution < -0.4 is 4.74 Å². The summed E-state index contributed by atoms with van der Waals surface area (Å²) in [7, 11) is 0. The molecule has 4 aromatic rings. The fourth-order valence-corrected chi connectivity index (χ4v) is 4.94. The lowest BCUT2D eigenvalue weighted by molar-refractivity contribution is 0.0628. The zero-order chi connectivity index (χ0) is 27.4. The molecule has 200 valence electrons. The largest absolute Gasteiger partial charge is 0.505 e. The van der Waals surface area contributed by atoms with Gasteiger partial charge in [-0.15, -0.1) is 5.10 Å². The number of phenols is 1. The van der Waals surface area contributed by atoms with Crippen LogP contribution in [0.1, 0.15) is 21.5 Å². The number of carbonyl (C=O) groups excluding carboxylic acids is 1. The number of hydrogen-bond acceptors (Lipinski definition) is 7. The van der Waals surface area contributed by atoms with Crippen molar-refractivity contribution in [2.24, 2.45) is 0 Å². The Morgan fingerprint density at radius 3 is 2.18 bits per heavy atom. The molecule has 0 bridgehead atoms. The van der Waals surface area contributed by atoms with E-state index in [1.54, 1.807) is 12.1 Å². The molecule has 2 heterocycles. The van der Waals surface area contributed by atoms with Gasteiger partial charge in [-0.25, -0.2) is 4.98 Å². The maximum Gasteiger partial charge on any atom is 0.336 e.